The zero-order valence-electron chi connectivity index (χ0n) is 12.9. The van der Waals surface area contributed by atoms with E-state index >= 15 is 0 Å². The molecule has 0 N–H and O–H groups in total. The van der Waals surface area contributed by atoms with Crippen LogP contribution in [0.3, 0.4) is 0 Å². The molecule has 0 spiro atoms. The molecule has 20 heavy (non-hydrogen) atoms. The predicted molar refractivity (Wildman–Crippen MR) is 84.3 cm³/mol. The van der Waals surface area contributed by atoms with Crippen LogP contribution in [0.2, 0.25) is 0 Å². The molecule has 0 fully saturated rings. The molecule has 0 unspecified atom stereocenters. The molecule has 0 aliphatic heterocycles. The number of hydrogen-bond donors (Lipinski definition) is 0. The zero-order chi connectivity index (χ0) is 14.7. The van der Waals surface area contributed by atoms with Crippen molar-refractivity contribution >= 4 is 10.9 Å². The van der Waals surface area contributed by atoms with Gasteiger partial charge < -0.3 is 0 Å². The smallest absolute Gasteiger partial charge is 0.261 e. The van der Waals surface area contributed by atoms with Crippen LogP contribution in [0.25, 0.3) is 10.9 Å². The summed E-state index contributed by atoms with van der Waals surface area (Å²) in [7, 11) is 0. The molecule has 0 atom stereocenters. The molecule has 0 aliphatic carbocycles. The summed E-state index contributed by atoms with van der Waals surface area (Å²) < 4.78 is 1.91. The average Bonchev–Trinajstić information content (AvgIpc) is 2.40. The van der Waals surface area contributed by atoms with Gasteiger partial charge in [0.25, 0.3) is 5.56 Å². The Labute approximate surface area is 120 Å². The number of nitrogens with zero attached hydrogens (tertiary/aromatic N) is 2. The van der Waals surface area contributed by atoms with Crippen LogP contribution in [-0.2, 0) is 0 Å². The Hall–Kier alpha value is -1.64. The summed E-state index contributed by atoms with van der Waals surface area (Å²) in [6.45, 7) is 8.29. The summed E-state index contributed by atoms with van der Waals surface area (Å²) in [5.41, 5.74) is 2.03. The third-order valence-electron chi connectivity index (χ3n) is 3.84. The fourth-order valence-corrected chi connectivity index (χ4v) is 2.92. The Balaban J connectivity index is 2.65. The number of aryl methyl sites for hydroxylation is 2. The molecule has 3 nitrogen and oxygen atoms in total. The molecule has 2 rings (SSSR count). The Morgan fingerprint density at radius 1 is 1.15 bits per heavy atom. The second-order valence-corrected chi connectivity index (χ2v) is 5.59. The van der Waals surface area contributed by atoms with E-state index in [4.69, 9.17) is 0 Å². The van der Waals surface area contributed by atoms with Crippen LogP contribution < -0.4 is 5.56 Å². The Morgan fingerprint density at radius 3 is 2.40 bits per heavy atom. The van der Waals surface area contributed by atoms with Gasteiger partial charge in [-0.15, -0.1) is 0 Å². The van der Waals surface area contributed by atoms with Gasteiger partial charge in [-0.25, -0.2) is 4.98 Å². The molecule has 1 aromatic heterocycles. The molecular formula is C17H24N2O. The highest BCUT2D eigenvalue weighted by Crippen LogP contribution is 2.21. The lowest BCUT2D eigenvalue weighted by molar-refractivity contribution is 0.406. The van der Waals surface area contributed by atoms with E-state index in [2.05, 4.69) is 18.8 Å². The minimum absolute atomic E-state index is 0.114. The first-order valence-electron chi connectivity index (χ1n) is 7.58. The van der Waals surface area contributed by atoms with E-state index in [1.54, 1.807) is 0 Å². The maximum absolute atomic E-state index is 12.8. The van der Waals surface area contributed by atoms with E-state index in [0.29, 0.717) is 0 Å². The van der Waals surface area contributed by atoms with Crippen molar-refractivity contribution in [2.75, 3.05) is 0 Å². The van der Waals surface area contributed by atoms with Crippen molar-refractivity contribution in [2.45, 2.75) is 59.4 Å². The largest absolute Gasteiger partial charge is 0.293 e. The quantitative estimate of drug-likeness (QED) is 0.819. The summed E-state index contributed by atoms with van der Waals surface area (Å²) >= 11 is 0. The van der Waals surface area contributed by atoms with Gasteiger partial charge >= 0.3 is 0 Å². The van der Waals surface area contributed by atoms with Gasteiger partial charge in [0.1, 0.15) is 5.82 Å². The minimum atomic E-state index is 0.114. The summed E-state index contributed by atoms with van der Waals surface area (Å²) in [5.74, 6) is 0.832. The molecule has 108 valence electrons. The van der Waals surface area contributed by atoms with Gasteiger partial charge in [0, 0.05) is 6.04 Å². The average molecular weight is 272 g/mol. The predicted octanol–water partition coefficient (Wildman–Crippen LogP) is 4.15. The van der Waals surface area contributed by atoms with Crippen molar-refractivity contribution in [1.82, 2.24) is 9.55 Å². The van der Waals surface area contributed by atoms with Crippen LogP contribution in [0, 0.1) is 13.8 Å². The molecule has 3 heteroatoms. The van der Waals surface area contributed by atoms with Crippen LogP contribution in [0.15, 0.2) is 23.0 Å². The van der Waals surface area contributed by atoms with Gasteiger partial charge in [-0.1, -0.05) is 38.3 Å². The van der Waals surface area contributed by atoms with Crippen LogP contribution >= 0.6 is 0 Å². The first-order valence-corrected chi connectivity index (χ1v) is 7.58. The fraction of sp³-hybridized carbons (Fsp3) is 0.529. The molecule has 0 aliphatic rings. The van der Waals surface area contributed by atoms with Gasteiger partial charge in [-0.3, -0.25) is 9.36 Å². The van der Waals surface area contributed by atoms with E-state index in [1.807, 2.05) is 36.6 Å². The Morgan fingerprint density at radius 2 is 1.80 bits per heavy atom. The molecule has 0 bridgehead atoms. The topological polar surface area (TPSA) is 34.9 Å². The van der Waals surface area contributed by atoms with Gasteiger partial charge in [0.15, 0.2) is 0 Å². The second kappa shape index (κ2) is 6.21. The van der Waals surface area contributed by atoms with Crippen LogP contribution in [0.4, 0.5) is 0 Å². The number of rotatable bonds is 5. The Bertz CT molecular complexity index is 652. The molecule has 0 saturated heterocycles. The first-order chi connectivity index (χ1) is 9.58. The lowest BCUT2D eigenvalue weighted by Gasteiger charge is -2.21. The maximum atomic E-state index is 12.8. The molecule has 1 heterocycles. The van der Waals surface area contributed by atoms with Crippen molar-refractivity contribution in [3.8, 4) is 0 Å². The van der Waals surface area contributed by atoms with E-state index in [1.165, 1.54) is 0 Å². The molecular weight excluding hydrogens is 248 g/mol. The van der Waals surface area contributed by atoms with Crippen LogP contribution in [0.5, 0.6) is 0 Å². The number of benzene rings is 1. The number of fused-ring (bicyclic) bond motifs is 1. The standard InChI is InChI=1S/C17H24N2O/c1-5-7-14(8-6-2)19-13(4)18-16-10-9-12(3)11-15(16)17(19)20/h9-11,14H,5-8H2,1-4H3. The monoisotopic (exact) mass is 272 g/mol. The third kappa shape index (κ3) is 2.77. The summed E-state index contributed by atoms with van der Waals surface area (Å²) in [6, 6.07) is 6.18. The molecule has 0 saturated carbocycles. The highest BCUT2D eigenvalue weighted by atomic mass is 16.1. The first kappa shape index (κ1) is 14.8. The van der Waals surface area contributed by atoms with Gasteiger partial charge in [0.05, 0.1) is 10.9 Å². The molecule has 1 aromatic carbocycles. The number of hydrogen-bond acceptors (Lipinski definition) is 2. The normalized spacial score (nSPS) is 11.4. The van der Waals surface area contributed by atoms with Crippen LogP contribution in [-0.4, -0.2) is 9.55 Å². The molecule has 0 amide bonds. The molecule has 0 radical (unpaired) electrons. The van der Waals surface area contributed by atoms with Crippen LogP contribution in [0.1, 0.15) is 57.0 Å². The lowest BCUT2D eigenvalue weighted by atomic mass is 10.1. The summed E-state index contributed by atoms with van der Waals surface area (Å²) in [6.07, 6.45) is 4.24. The van der Waals surface area contributed by atoms with E-state index in [9.17, 15) is 4.79 Å². The third-order valence-corrected chi connectivity index (χ3v) is 3.84. The van der Waals surface area contributed by atoms with Crippen molar-refractivity contribution in [3.05, 3.63) is 39.9 Å². The SMILES string of the molecule is CCCC(CCC)n1c(C)nc2ccc(C)cc2c1=O. The number of aromatic nitrogens is 2. The van der Waals surface area contributed by atoms with Crippen molar-refractivity contribution in [1.29, 1.82) is 0 Å². The summed E-state index contributed by atoms with van der Waals surface area (Å²) in [5, 5.41) is 0.743. The second-order valence-electron chi connectivity index (χ2n) is 5.59. The van der Waals surface area contributed by atoms with E-state index in [-0.39, 0.29) is 11.6 Å². The lowest BCUT2D eigenvalue weighted by Crippen LogP contribution is -2.28. The van der Waals surface area contributed by atoms with E-state index in [0.717, 1.165) is 48.0 Å². The highest BCUT2D eigenvalue weighted by molar-refractivity contribution is 5.78. The molecule has 2 aromatic rings. The van der Waals surface area contributed by atoms with Gasteiger partial charge in [-0.2, -0.15) is 0 Å². The van der Waals surface area contributed by atoms with Crippen molar-refractivity contribution in [2.24, 2.45) is 0 Å². The van der Waals surface area contributed by atoms with Gasteiger partial charge in [0.2, 0.25) is 0 Å². The zero-order valence-corrected chi connectivity index (χ0v) is 12.9. The van der Waals surface area contributed by atoms with Crippen molar-refractivity contribution < 1.29 is 0 Å². The van der Waals surface area contributed by atoms with Gasteiger partial charge in [-0.05, 0) is 38.8 Å². The summed E-state index contributed by atoms with van der Waals surface area (Å²) in [4.78, 5) is 17.4. The minimum Gasteiger partial charge on any atom is -0.293 e. The highest BCUT2D eigenvalue weighted by Gasteiger charge is 2.16. The van der Waals surface area contributed by atoms with E-state index < -0.39 is 0 Å². The van der Waals surface area contributed by atoms with Crippen molar-refractivity contribution in [3.63, 3.8) is 0 Å². The Kier molecular flexibility index (Phi) is 4.58. The maximum Gasteiger partial charge on any atom is 0.261 e. The fourth-order valence-electron chi connectivity index (χ4n) is 2.92.